The maximum atomic E-state index is 12.1. The molecule has 1 rings (SSSR count). The first-order valence-electron chi connectivity index (χ1n) is 6.32. The molecule has 0 aliphatic carbocycles. The standard InChI is InChI=1S/C13H22N2O3S/c1-4-18-8-7-15-19(16,17)13-6-5-11(2)12(9-13)10-14-3/h5-6,9,14-15H,4,7-8,10H2,1-3H3. The van der Waals surface area contributed by atoms with Gasteiger partial charge in [-0.3, -0.25) is 0 Å². The van der Waals surface area contributed by atoms with Crippen LogP contribution in [0.2, 0.25) is 0 Å². The Balaban J connectivity index is 2.80. The predicted octanol–water partition coefficient (Wildman–Crippen LogP) is 1.03. The lowest BCUT2D eigenvalue weighted by Crippen LogP contribution is -2.27. The first-order valence-corrected chi connectivity index (χ1v) is 7.81. The van der Waals surface area contributed by atoms with Crippen molar-refractivity contribution in [3.63, 3.8) is 0 Å². The normalized spacial score (nSPS) is 11.7. The third-order valence-electron chi connectivity index (χ3n) is 2.74. The lowest BCUT2D eigenvalue weighted by atomic mass is 10.1. The molecule has 19 heavy (non-hydrogen) atoms. The van der Waals surface area contributed by atoms with Gasteiger partial charge in [-0.15, -0.1) is 0 Å². The molecule has 0 heterocycles. The Kier molecular flexibility index (Phi) is 6.44. The minimum Gasteiger partial charge on any atom is -0.380 e. The van der Waals surface area contributed by atoms with Crippen molar-refractivity contribution in [2.45, 2.75) is 25.3 Å². The molecule has 0 bridgehead atoms. The van der Waals surface area contributed by atoms with E-state index in [1.54, 1.807) is 12.1 Å². The summed E-state index contributed by atoms with van der Waals surface area (Å²) in [6.45, 7) is 5.73. The van der Waals surface area contributed by atoms with E-state index in [9.17, 15) is 8.42 Å². The molecule has 0 aliphatic rings. The highest BCUT2D eigenvalue weighted by Crippen LogP contribution is 2.15. The summed E-state index contributed by atoms with van der Waals surface area (Å²) in [7, 11) is -1.62. The number of sulfonamides is 1. The van der Waals surface area contributed by atoms with Crippen LogP contribution >= 0.6 is 0 Å². The van der Waals surface area contributed by atoms with Gasteiger partial charge in [0.05, 0.1) is 11.5 Å². The Hall–Kier alpha value is -0.950. The fourth-order valence-electron chi connectivity index (χ4n) is 1.67. The maximum absolute atomic E-state index is 12.1. The second kappa shape index (κ2) is 7.59. The Bertz CT molecular complexity index is 501. The Morgan fingerprint density at radius 1 is 1.32 bits per heavy atom. The topological polar surface area (TPSA) is 67.4 Å². The molecule has 0 saturated heterocycles. The first-order chi connectivity index (χ1) is 9.01. The van der Waals surface area contributed by atoms with Crippen molar-refractivity contribution in [2.75, 3.05) is 26.8 Å². The van der Waals surface area contributed by atoms with Crippen LogP contribution in [-0.4, -0.2) is 35.2 Å². The van der Waals surface area contributed by atoms with Gasteiger partial charge in [0.2, 0.25) is 10.0 Å². The van der Waals surface area contributed by atoms with Crippen LogP contribution < -0.4 is 10.0 Å². The fourth-order valence-corrected chi connectivity index (χ4v) is 2.74. The largest absolute Gasteiger partial charge is 0.380 e. The van der Waals surface area contributed by atoms with Gasteiger partial charge in [-0.25, -0.2) is 13.1 Å². The van der Waals surface area contributed by atoms with E-state index >= 15 is 0 Å². The van der Waals surface area contributed by atoms with Gasteiger partial charge >= 0.3 is 0 Å². The van der Waals surface area contributed by atoms with Crippen molar-refractivity contribution in [3.8, 4) is 0 Å². The zero-order valence-electron chi connectivity index (χ0n) is 11.7. The maximum Gasteiger partial charge on any atom is 0.240 e. The molecule has 0 saturated carbocycles. The number of rotatable bonds is 8. The average molecular weight is 286 g/mol. The van der Waals surface area contributed by atoms with Crippen molar-refractivity contribution in [2.24, 2.45) is 0 Å². The summed E-state index contributed by atoms with van der Waals surface area (Å²) in [6, 6.07) is 5.15. The van der Waals surface area contributed by atoms with Gasteiger partial charge in [0, 0.05) is 19.7 Å². The highest BCUT2D eigenvalue weighted by molar-refractivity contribution is 7.89. The zero-order chi connectivity index (χ0) is 14.3. The van der Waals surface area contributed by atoms with E-state index in [1.807, 2.05) is 27.0 Å². The average Bonchev–Trinajstić information content (AvgIpc) is 2.37. The molecule has 1 aromatic rings. The lowest BCUT2D eigenvalue weighted by molar-refractivity contribution is 0.153. The molecule has 0 radical (unpaired) electrons. The van der Waals surface area contributed by atoms with E-state index in [4.69, 9.17) is 4.74 Å². The summed E-state index contributed by atoms with van der Waals surface area (Å²) >= 11 is 0. The smallest absolute Gasteiger partial charge is 0.240 e. The molecule has 0 atom stereocenters. The van der Waals surface area contributed by atoms with Crippen LogP contribution in [0, 0.1) is 6.92 Å². The van der Waals surface area contributed by atoms with E-state index in [-0.39, 0.29) is 6.54 Å². The van der Waals surface area contributed by atoms with E-state index < -0.39 is 10.0 Å². The molecule has 0 aromatic heterocycles. The third kappa shape index (κ3) is 4.91. The Labute approximate surface area is 115 Å². The van der Waals surface area contributed by atoms with Crippen molar-refractivity contribution < 1.29 is 13.2 Å². The molecule has 0 unspecified atom stereocenters. The van der Waals surface area contributed by atoms with Gasteiger partial charge in [-0.05, 0) is 44.2 Å². The molecule has 0 spiro atoms. The number of benzene rings is 1. The van der Waals surface area contributed by atoms with Gasteiger partial charge in [0.15, 0.2) is 0 Å². The summed E-state index contributed by atoms with van der Waals surface area (Å²) in [5.74, 6) is 0. The Morgan fingerprint density at radius 3 is 2.68 bits per heavy atom. The van der Waals surface area contributed by atoms with Crippen LogP contribution in [-0.2, 0) is 21.3 Å². The third-order valence-corrected chi connectivity index (χ3v) is 4.20. The van der Waals surface area contributed by atoms with Crippen LogP contribution in [0.4, 0.5) is 0 Å². The zero-order valence-corrected chi connectivity index (χ0v) is 12.5. The number of hydrogen-bond donors (Lipinski definition) is 2. The van der Waals surface area contributed by atoms with Gasteiger partial charge in [-0.2, -0.15) is 0 Å². The first kappa shape index (κ1) is 16.1. The minimum absolute atomic E-state index is 0.283. The molecule has 108 valence electrons. The predicted molar refractivity (Wildman–Crippen MR) is 75.6 cm³/mol. The van der Waals surface area contributed by atoms with Crippen LogP contribution in [0.5, 0.6) is 0 Å². The molecule has 0 amide bonds. The van der Waals surface area contributed by atoms with Crippen LogP contribution in [0.25, 0.3) is 0 Å². The quantitative estimate of drug-likeness (QED) is 0.700. The van der Waals surface area contributed by atoms with E-state index in [0.29, 0.717) is 24.7 Å². The van der Waals surface area contributed by atoms with Crippen molar-refractivity contribution in [1.82, 2.24) is 10.0 Å². The molecule has 2 N–H and O–H groups in total. The SMILES string of the molecule is CCOCCNS(=O)(=O)c1ccc(C)c(CNC)c1. The molecule has 0 fully saturated rings. The molecular formula is C13H22N2O3S. The van der Waals surface area contributed by atoms with E-state index in [2.05, 4.69) is 10.0 Å². The van der Waals surface area contributed by atoms with Crippen molar-refractivity contribution >= 4 is 10.0 Å². The van der Waals surface area contributed by atoms with Gasteiger partial charge in [0.25, 0.3) is 0 Å². The van der Waals surface area contributed by atoms with E-state index in [1.165, 1.54) is 0 Å². The molecule has 0 aliphatic heterocycles. The Morgan fingerprint density at radius 2 is 2.05 bits per heavy atom. The monoisotopic (exact) mass is 286 g/mol. The van der Waals surface area contributed by atoms with Crippen LogP contribution in [0.3, 0.4) is 0 Å². The number of hydrogen-bond acceptors (Lipinski definition) is 4. The van der Waals surface area contributed by atoms with Crippen LogP contribution in [0.1, 0.15) is 18.1 Å². The van der Waals surface area contributed by atoms with Gasteiger partial charge < -0.3 is 10.1 Å². The van der Waals surface area contributed by atoms with Gasteiger partial charge in [0.1, 0.15) is 0 Å². The molecular weight excluding hydrogens is 264 g/mol. The lowest BCUT2D eigenvalue weighted by Gasteiger charge is -2.10. The number of nitrogens with one attached hydrogen (secondary N) is 2. The highest BCUT2D eigenvalue weighted by atomic mass is 32.2. The van der Waals surface area contributed by atoms with Gasteiger partial charge in [-0.1, -0.05) is 6.07 Å². The van der Waals surface area contributed by atoms with Crippen molar-refractivity contribution in [3.05, 3.63) is 29.3 Å². The van der Waals surface area contributed by atoms with Crippen LogP contribution in [0.15, 0.2) is 23.1 Å². The number of ether oxygens (including phenoxy) is 1. The molecule has 5 nitrogen and oxygen atoms in total. The van der Waals surface area contributed by atoms with Crippen molar-refractivity contribution in [1.29, 1.82) is 0 Å². The molecule has 6 heteroatoms. The summed E-state index contributed by atoms with van der Waals surface area (Å²) < 4.78 is 31.8. The summed E-state index contributed by atoms with van der Waals surface area (Å²) in [4.78, 5) is 0.292. The highest BCUT2D eigenvalue weighted by Gasteiger charge is 2.14. The summed E-state index contributed by atoms with van der Waals surface area (Å²) in [6.07, 6.45) is 0. The summed E-state index contributed by atoms with van der Waals surface area (Å²) in [5.41, 5.74) is 2.05. The van der Waals surface area contributed by atoms with E-state index in [0.717, 1.165) is 11.1 Å². The second-order valence-corrected chi connectivity index (χ2v) is 5.98. The fraction of sp³-hybridized carbons (Fsp3) is 0.538. The second-order valence-electron chi connectivity index (χ2n) is 4.21. The molecule has 1 aromatic carbocycles. The number of aryl methyl sites for hydroxylation is 1. The minimum atomic E-state index is -3.46. The summed E-state index contributed by atoms with van der Waals surface area (Å²) in [5, 5.41) is 3.03.